The van der Waals surface area contributed by atoms with Crippen LogP contribution in [-0.4, -0.2) is 33.6 Å². The minimum atomic E-state index is -0.606. The molecule has 0 aliphatic rings. The third-order valence-electron chi connectivity index (χ3n) is 4.22. The first-order valence-electron chi connectivity index (χ1n) is 8.87. The van der Waals surface area contributed by atoms with Crippen LogP contribution in [0, 0.1) is 13.8 Å². The van der Waals surface area contributed by atoms with Gasteiger partial charge in [-0.25, -0.2) is 0 Å². The van der Waals surface area contributed by atoms with Gasteiger partial charge >= 0.3 is 0 Å². The molecule has 3 rings (SSSR count). The number of thiophene rings is 1. The predicted octanol–water partition coefficient (Wildman–Crippen LogP) is 4.23. The molecular weight excluding hydrogens is 362 g/mol. The average molecular weight is 385 g/mol. The number of rotatable bonds is 7. The molecule has 1 amide bonds. The Morgan fingerprint density at radius 2 is 2.15 bits per heavy atom. The summed E-state index contributed by atoms with van der Waals surface area (Å²) in [6, 6.07) is 9.82. The van der Waals surface area contributed by atoms with E-state index in [0.717, 1.165) is 21.8 Å². The molecule has 2 heterocycles. The van der Waals surface area contributed by atoms with Gasteiger partial charge in [-0.3, -0.25) is 4.79 Å². The molecule has 6 nitrogen and oxygen atoms in total. The molecule has 0 fully saturated rings. The summed E-state index contributed by atoms with van der Waals surface area (Å²) in [4.78, 5) is 19.8. The Hall–Kier alpha value is -2.67. The van der Waals surface area contributed by atoms with Crippen molar-refractivity contribution in [3.63, 3.8) is 0 Å². The van der Waals surface area contributed by atoms with Crippen LogP contribution >= 0.6 is 11.3 Å². The lowest BCUT2D eigenvalue weighted by molar-refractivity contribution is -0.138. The fourth-order valence-corrected chi connectivity index (χ4v) is 3.32. The number of likely N-dealkylation sites (N-methyl/N-ethyl adjacent to an activating group) is 1. The molecule has 0 saturated carbocycles. The largest absolute Gasteiger partial charge is 0.481 e. The summed E-state index contributed by atoms with van der Waals surface area (Å²) in [7, 11) is 0. The van der Waals surface area contributed by atoms with Crippen molar-refractivity contribution < 1.29 is 14.1 Å². The first kappa shape index (κ1) is 19.1. The van der Waals surface area contributed by atoms with Crippen molar-refractivity contribution in [1.82, 2.24) is 15.0 Å². The zero-order valence-electron chi connectivity index (χ0n) is 15.9. The molecule has 0 radical (unpaired) electrons. The van der Waals surface area contributed by atoms with E-state index in [4.69, 9.17) is 9.26 Å². The summed E-state index contributed by atoms with van der Waals surface area (Å²) in [5.41, 5.74) is 2.09. The van der Waals surface area contributed by atoms with Crippen LogP contribution in [0.3, 0.4) is 0 Å². The average Bonchev–Trinajstić information content (AvgIpc) is 3.33. The van der Waals surface area contributed by atoms with Crippen LogP contribution in [0.15, 0.2) is 40.2 Å². The zero-order valence-corrected chi connectivity index (χ0v) is 16.7. The summed E-state index contributed by atoms with van der Waals surface area (Å²) < 4.78 is 11.2. The van der Waals surface area contributed by atoms with Crippen LogP contribution in [0.4, 0.5) is 0 Å². The van der Waals surface area contributed by atoms with Crippen molar-refractivity contribution >= 4 is 17.2 Å². The number of carbonyl (C=O) groups excluding carboxylic acids is 1. The molecule has 3 aromatic rings. The van der Waals surface area contributed by atoms with Crippen molar-refractivity contribution in [3.8, 4) is 16.5 Å². The Balaban J connectivity index is 1.67. The molecule has 7 heteroatoms. The van der Waals surface area contributed by atoms with Crippen molar-refractivity contribution in [1.29, 1.82) is 0 Å². The highest BCUT2D eigenvalue weighted by molar-refractivity contribution is 7.13. The second-order valence-corrected chi connectivity index (χ2v) is 7.32. The van der Waals surface area contributed by atoms with Gasteiger partial charge in [0.05, 0.1) is 4.88 Å². The van der Waals surface area contributed by atoms with Crippen LogP contribution in [0.1, 0.15) is 30.9 Å². The van der Waals surface area contributed by atoms with Gasteiger partial charge in [0.1, 0.15) is 12.3 Å². The zero-order chi connectivity index (χ0) is 19.4. The fourth-order valence-electron chi connectivity index (χ4n) is 2.67. The molecular formula is C20H23N3O3S. The standard InChI is InChI=1S/C20H23N3O3S/c1-5-23(12-18-21-19(22-26-18)17-7-6-10-27-17)20(24)15(4)25-16-11-13(2)8-9-14(16)3/h6-11,15H,5,12H2,1-4H3/t15-/m0/s1. The van der Waals surface area contributed by atoms with E-state index in [1.165, 1.54) is 0 Å². The minimum Gasteiger partial charge on any atom is -0.481 e. The van der Waals surface area contributed by atoms with Gasteiger partial charge in [0.2, 0.25) is 11.7 Å². The van der Waals surface area contributed by atoms with Gasteiger partial charge in [-0.2, -0.15) is 4.98 Å². The monoisotopic (exact) mass is 385 g/mol. The van der Waals surface area contributed by atoms with Crippen molar-refractivity contribution in [2.24, 2.45) is 0 Å². The van der Waals surface area contributed by atoms with Crippen LogP contribution in [0.5, 0.6) is 5.75 Å². The van der Waals surface area contributed by atoms with E-state index >= 15 is 0 Å². The number of ether oxygens (including phenoxy) is 1. The molecule has 0 saturated heterocycles. The molecule has 1 atom stereocenters. The Morgan fingerprint density at radius 3 is 2.85 bits per heavy atom. The van der Waals surface area contributed by atoms with E-state index in [9.17, 15) is 4.79 Å². The molecule has 0 aliphatic heterocycles. The second-order valence-electron chi connectivity index (χ2n) is 6.37. The first-order chi connectivity index (χ1) is 13.0. The van der Waals surface area contributed by atoms with Gasteiger partial charge in [0.25, 0.3) is 5.91 Å². The third kappa shape index (κ3) is 4.54. The maximum absolute atomic E-state index is 12.8. The minimum absolute atomic E-state index is 0.116. The molecule has 142 valence electrons. The van der Waals surface area contributed by atoms with E-state index in [0.29, 0.717) is 18.3 Å². The Kier molecular flexibility index (Phi) is 5.91. The molecule has 0 aliphatic carbocycles. The number of hydrogen-bond donors (Lipinski definition) is 0. The van der Waals surface area contributed by atoms with Gasteiger partial charge in [-0.15, -0.1) is 11.3 Å². The van der Waals surface area contributed by atoms with Crippen molar-refractivity contribution in [3.05, 3.63) is 52.7 Å². The molecule has 0 N–H and O–H groups in total. The third-order valence-corrected chi connectivity index (χ3v) is 5.09. The van der Waals surface area contributed by atoms with Crippen molar-refractivity contribution in [2.45, 2.75) is 40.3 Å². The fraction of sp³-hybridized carbons (Fsp3) is 0.350. The Bertz CT molecular complexity index is 905. The lowest BCUT2D eigenvalue weighted by atomic mass is 10.1. The lowest BCUT2D eigenvalue weighted by Gasteiger charge is -2.24. The van der Waals surface area contributed by atoms with E-state index in [-0.39, 0.29) is 12.5 Å². The summed E-state index contributed by atoms with van der Waals surface area (Å²) in [5.74, 6) is 1.56. The number of hydrogen-bond acceptors (Lipinski definition) is 6. The second kappa shape index (κ2) is 8.35. The van der Waals surface area contributed by atoms with Crippen LogP contribution in [0.25, 0.3) is 10.7 Å². The maximum atomic E-state index is 12.8. The summed E-state index contributed by atoms with van der Waals surface area (Å²) >= 11 is 1.54. The molecule has 1 aromatic carbocycles. The predicted molar refractivity (Wildman–Crippen MR) is 105 cm³/mol. The summed E-state index contributed by atoms with van der Waals surface area (Å²) in [5, 5.41) is 5.95. The smallest absolute Gasteiger partial charge is 0.263 e. The van der Waals surface area contributed by atoms with Crippen molar-refractivity contribution in [2.75, 3.05) is 6.54 Å². The van der Waals surface area contributed by atoms with Crippen LogP contribution in [-0.2, 0) is 11.3 Å². The van der Waals surface area contributed by atoms with E-state index in [1.807, 2.05) is 56.5 Å². The molecule has 0 unspecified atom stereocenters. The highest BCUT2D eigenvalue weighted by Crippen LogP contribution is 2.23. The molecule has 27 heavy (non-hydrogen) atoms. The lowest BCUT2D eigenvalue weighted by Crippen LogP contribution is -2.40. The molecule has 0 spiro atoms. The van der Waals surface area contributed by atoms with Gasteiger partial charge in [0, 0.05) is 6.54 Å². The highest BCUT2D eigenvalue weighted by Gasteiger charge is 2.24. The van der Waals surface area contributed by atoms with Gasteiger partial charge < -0.3 is 14.2 Å². The normalized spacial score (nSPS) is 12.0. The quantitative estimate of drug-likeness (QED) is 0.609. The molecule has 0 bridgehead atoms. The van der Waals surface area contributed by atoms with Crippen LogP contribution in [0.2, 0.25) is 0 Å². The van der Waals surface area contributed by atoms with E-state index in [2.05, 4.69) is 10.1 Å². The Morgan fingerprint density at radius 1 is 1.33 bits per heavy atom. The topological polar surface area (TPSA) is 68.5 Å². The van der Waals surface area contributed by atoms with Gasteiger partial charge in [0.15, 0.2) is 6.10 Å². The number of aryl methyl sites for hydroxylation is 2. The summed E-state index contributed by atoms with van der Waals surface area (Å²) in [6.45, 7) is 8.42. The van der Waals surface area contributed by atoms with Gasteiger partial charge in [-0.05, 0) is 56.3 Å². The van der Waals surface area contributed by atoms with Crippen LogP contribution < -0.4 is 4.74 Å². The number of benzene rings is 1. The summed E-state index contributed by atoms with van der Waals surface area (Å²) in [6.07, 6.45) is -0.606. The maximum Gasteiger partial charge on any atom is 0.263 e. The van der Waals surface area contributed by atoms with E-state index in [1.54, 1.807) is 23.2 Å². The molecule has 2 aromatic heterocycles. The number of amides is 1. The number of aromatic nitrogens is 2. The Labute approximate surface area is 162 Å². The first-order valence-corrected chi connectivity index (χ1v) is 9.75. The number of carbonyl (C=O) groups is 1. The SMILES string of the molecule is CCN(Cc1nc(-c2cccs2)no1)C(=O)[C@H](C)Oc1cc(C)ccc1C. The number of nitrogens with zero attached hydrogens (tertiary/aromatic N) is 3. The van der Waals surface area contributed by atoms with Gasteiger partial charge in [-0.1, -0.05) is 23.4 Å². The van der Waals surface area contributed by atoms with E-state index < -0.39 is 6.10 Å². The highest BCUT2D eigenvalue weighted by atomic mass is 32.1.